The number of halogens is 2. The van der Waals surface area contributed by atoms with Crippen LogP contribution in [0.25, 0.3) is 0 Å². The first-order chi connectivity index (χ1) is 9.29. The molecule has 7 heteroatoms. The van der Waals surface area contributed by atoms with Crippen molar-refractivity contribution in [1.82, 2.24) is 4.90 Å². The summed E-state index contributed by atoms with van der Waals surface area (Å²) in [4.78, 5) is 24.1. The van der Waals surface area contributed by atoms with Crippen molar-refractivity contribution in [2.24, 2.45) is 5.92 Å². The van der Waals surface area contributed by atoms with Crippen molar-refractivity contribution in [2.45, 2.75) is 13.8 Å². The van der Waals surface area contributed by atoms with E-state index < -0.39 is 12.0 Å². The summed E-state index contributed by atoms with van der Waals surface area (Å²) in [6.07, 6.45) is 0. The number of carboxylic acids is 1. The number of nitrogens with zero attached hydrogens (tertiary/aromatic N) is 1. The van der Waals surface area contributed by atoms with Crippen LogP contribution in [-0.4, -0.2) is 35.1 Å². The molecule has 0 aliphatic heterocycles. The van der Waals surface area contributed by atoms with Crippen molar-refractivity contribution in [3.8, 4) is 0 Å². The zero-order valence-electron chi connectivity index (χ0n) is 11.2. The minimum Gasteiger partial charge on any atom is -0.480 e. The number of carboxylic acid groups (broad SMARTS) is 1. The number of carbonyl (C=O) groups excluding carboxylic acids is 1. The molecule has 1 aromatic rings. The highest BCUT2D eigenvalue weighted by atomic mass is 79.9. The second kappa shape index (κ2) is 7.50. The zero-order chi connectivity index (χ0) is 15.3. The van der Waals surface area contributed by atoms with Gasteiger partial charge in [-0.1, -0.05) is 41.4 Å². The Bertz CT molecular complexity index is 508. The molecule has 2 amide bonds. The van der Waals surface area contributed by atoms with E-state index in [0.717, 1.165) is 4.47 Å². The summed E-state index contributed by atoms with van der Waals surface area (Å²) < 4.78 is 0.796. The quantitative estimate of drug-likeness (QED) is 0.838. The lowest BCUT2D eigenvalue weighted by molar-refractivity contribution is -0.137. The minimum absolute atomic E-state index is 0.167. The molecule has 1 aromatic carbocycles. The summed E-state index contributed by atoms with van der Waals surface area (Å²) in [5, 5.41) is 11.8. The van der Waals surface area contributed by atoms with Crippen molar-refractivity contribution in [3.63, 3.8) is 0 Å². The number of nitrogens with one attached hydrogen (secondary N) is 1. The van der Waals surface area contributed by atoms with Gasteiger partial charge in [0, 0.05) is 11.0 Å². The van der Waals surface area contributed by atoms with E-state index in [4.69, 9.17) is 16.7 Å². The molecule has 0 aliphatic carbocycles. The average molecular weight is 364 g/mol. The molecular weight excluding hydrogens is 348 g/mol. The van der Waals surface area contributed by atoms with Crippen LogP contribution in [0.1, 0.15) is 13.8 Å². The van der Waals surface area contributed by atoms with Crippen molar-refractivity contribution in [3.05, 3.63) is 27.7 Å². The van der Waals surface area contributed by atoms with Crippen LogP contribution in [0.2, 0.25) is 5.02 Å². The normalized spacial score (nSPS) is 10.4. The Morgan fingerprint density at radius 3 is 2.60 bits per heavy atom. The van der Waals surface area contributed by atoms with Crippen LogP contribution < -0.4 is 5.32 Å². The van der Waals surface area contributed by atoms with Crippen LogP contribution in [0, 0.1) is 5.92 Å². The molecule has 0 unspecified atom stereocenters. The Kier molecular flexibility index (Phi) is 6.29. The van der Waals surface area contributed by atoms with Gasteiger partial charge in [-0.2, -0.15) is 0 Å². The Hall–Kier alpha value is -1.27. The van der Waals surface area contributed by atoms with E-state index >= 15 is 0 Å². The maximum Gasteiger partial charge on any atom is 0.323 e. The largest absolute Gasteiger partial charge is 0.480 e. The fraction of sp³-hybridized carbons (Fsp3) is 0.385. The highest BCUT2D eigenvalue weighted by Gasteiger charge is 2.18. The molecular formula is C13H16BrClN2O3. The summed E-state index contributed by atoms with van der Waals surface area (Å²) >= 11 is 9.28. The van der Waals surface area contributed by atoms with E-state index in [0.29, 0.717) is 17.3 Å². The Morgan fingerprint density at radius 1 is 1.45 bits per heavy atom. The first-order valence-corrected chi connectivity index (χ1v) is 7.19. The molecule has 0 spiro atoms. The Labute approximate surface area is 131 Å². The van der Waals surface area contributed by atoms with E-state index in [1.54, 1.807) is 18.2 Å². The van der Waals surface area contributed by atoms with Gasteiger partial charge in [0.15, 0.2) is 0 Å². The average Bonchev–Trinajstić information content (AvgIpc) is 2.30. The molecule has 2 N–H and O–H groups in total. The number of amides is 2. The molecule has 0 fully saturated rings. The summed E-state index contributed by atoms with van der Waals surface area (Å²) in [7, 11) is 0. The van der Waals surface area contributed by atoms with Gasteiger partial charge in [0.1, 0.15) is 6.54 Å². The van der Waals surface area contributed by atoms with Gasteiger partial charge in [-0.05, 0) is 24.1 Å². The van der Waals surface area contributed by atoms with Gasteiger partial charge in [-0.3, -0.25) is 4.79 Å². The van der Waals surface area contributed by atoms with Crippen LogP contribution in [0.15, 0.2) is 22.7 Å². The number of urea groups is 1. The third-order valence-electron chi connectivity index (χ3n) is 2.37. The molecule has 0 atom stereocenters. The maximum atomic E-state index is 12.1. The van der Waals surface area contributed by atoms with E-state index in [-0.39, 0.29) is 12.5 Å². The van der Waals surface area contributed by atoms with E-state index in [1.165, 1.54) is 4.90 Å². The fourth-order valence-electron chi connectivity index (χ4n) is 1.61. The van der Waals surface area contributed by atoms with E-state index in [2.05, 4.69) is 21.2 Å². The predicted octanol–water partition coefficient (Wildman–Crippen LogP) is 3.68. The van der Waals surface area contributed by atoms with Crippen LogP contribution in [-0.2, 0) is 4.79 Å². The third-order valence-corrected chi connectivity index (χ3v) is 3.18. The van der Waals surface area contributed by atoms with E-state index in [1.807, 2.05) is 13.8 Å². The van der Waals surface area contributed by atoms with Gasteiger partial charge in [0.05, 0.1) is 10.7 Å². The smallest absolute Gasteiger partial charge is 0.323 e. The molecule has 1 rings (SSSR count). The highest BCUT2D eigenvalue weighted by Crippen LogP contribution is 2.25. The number of benzene rings is 1. The second-order valence-corrected chi connectivity index (χ2v) is 6.05. The number of carbonyl (C=O) groups is 2. The summed E-state index contributed by atoms with van der Waals surface area (Å²) in [5.41, 5.74) is 0.444. The van der Waals surface area contributed by atoms with Crippen LogP contribution >= 0.6 is 27.5 Å². The van der Waals surface area contributed by atoms with Gasteiger partial charge >= 0.3 is 12.0 Å². The molecule has 0 radical (unpaired) electrons. The Morgan fingerprint density at radius 2 is 2.10 bits per heavy atom. The topological polar surface area (TPSA) is 69.6 Å². The van der Waals surface area contributed by atoms with Crippen LogP contribution in [0.5, 0.6) is 0 Å². The molecule has 0 heterocycles. The lowest BCUT2D eigenvalue weighted by Gasteiger charge is -2.23. The summed E-state index contributed by atoms with van der Waals surface area (Å²) in [6.45, 7) is 3.83. The van der Waals surface area contributed by atoms with Crippen LogP contribution in [0.4, 0.5) is 10.5 Å². The number of rotatable bonds is 5. The molecule has 110 valence electrons. The molecule has 0 aromatic heterocycles. The van der Waals surface area contributed by atoms with Crippen molar-refractivity contribution < 1.29 is 14.7 Å². The fourth-order valence-corrected chi connectivity index (χ4v) is 2.33. The lowest BCUT2D eigenvalue weighted by Crippen LogP contribution is -2.41. The SMILES string of the molecule is CC(C)CN(CC(=O)O)C(=O)Nc1ccc(Br)cc1Cl. The monoisotopic (exact) mass is 362 g/mol. The van der Waals surface area contributed by atoms with Crippen molar-refractivity contribution >= 4 is 45.2 Å². The zero-order valence-corrected chi connectivity index (χ0v) is 13.5. The predicted molar refractivity (Wildman–Crippen MR) is 82.2 cm³/mol. The summed E-state index contributed by atoms with van der Waals surface area (Å²) in [5.74, 6) is -0.886. The highest BCUT2D eigenvalue weighted by molar-refractivity contribution is 9.10. The van der Waals surface area contributed by atoms with Gasteiger partial charge in [-0.25, -0.2) is 4.79 Å². The van der Waals surface area contributed by atoms with E-state index in [9.17, 15) is 9.59 Å². The van der Waals surface area contributed by atoms with Gasteiger partial charge < -0.3 is 15.3 Å². The number of hydrogen-bond acceptors (Lipinski definition) is 2. The molecule has 20 heavy (non-hydrogen) atoms. The number of aliphatic carboxylic acids is 1. The van der Waals surface area contributed by atoms with Gasteiger partial charge in [0.25, 0.3) is 0 Å². The molecule has 0 saturated carbocycles. The van der Waals surface area contributed by atoms with Crippen molar-refractivity contribution in [2.75, 3.05) is 18.4 Å². The second-order valence-electron chi connectivity index (χ2n) is 4.72. The molecule has 0 aliphatic rings. The number of hydrogen-bond donors (Lipinski definition) is 2. The standard InChI is InChI=1S/C13H16BrClN2O3/c1-8(2)6-17(7-12(18)19)13(20)16-11-4-3-9(14)5-10(11)15/h3-5,8H,6-7H2,1-2H3,(H,16,20)(H,18,19). The third kappa shape index (κ3) is 5.38. The van der Waals surface area contributed by atoms with Gasteiger partial charge in [-0.15, -0.1) is 0 Å². The van der Waals surface area contributed by atoms with Crippen molar-refractivity contribution in [1.29, 1.82) is 0 Å². The number of anilines is 1. The Balaban J connectivity index is 2.81. The van der Waals surface area contributed by atoms with Gasteiger partial charge in [0.2, 0.25) is 0 Å². The molecule has 0 bridgehead atoms. The molecule has 0 saturated heterocycles. The molecule has 5 nitrogen and oxygen atoms in total. The van der Waals surface area contributed by atoms with Crippen LogP contribution in [0.3, 0.4) is 0 Å². The maximum absolute atomic E-state index is 12.1. The first-order valence-electron chi connectivity index (χ1n) is 6.02. The lowest BCUT2D eigenvalue weighted by atomic mass is 10.2. The minimum atomic E-state index is -1.05. The summed E-state index contributed by atoms with van der Waals surface area (Å²) in [6, 6.07) is 4.57. The first kappa shape index (κ1) is 16.8.